The van der Waals surface area contributed by atoms with E-state index in [2.05, 4.69) is 51.7 Å². The maximum Gasteiger partial charge on any atom is 0.289 e. The molecule has 0 bridgehead atoms. The predicted octanol–water partition coefficient (Wildman–Crippen LogP) is 3.08. The fraction of sp³-hybridized carbons (Fsp3) is 0.581. The van der Waals surface area contributed by atoms with Gasteiger partial charge >= 0.3 is 0 Å². The maximum absolute atomic E-state index is 15.1. The third-order valence-corrected chi connectivity index (χ3v) is 13.2. The summed E-state index contributed by atoms with van der Waals surface area (Å²) >= 11 is 0. The highest BCUT2D eigenvalue weighted by molar-refractivity contribution is 6.38. The molecular formula is C43H55N7O6. The number of hydrogen-bond acceptors (Lipinski definition) is 8. The Labute approximate surface area is 328 Å². The van der Waals surface area contributed by atoms with Crippen LogP contribution in [0.3, 0.4) is 0 Å². The van der Waals surface area contributed by atoms with E-state index in [-0.39, 0.29) is 47.2 Å². The van der Waals surface area contributed by atoms with Crippen molar-refractivity contribution >= 4 is 35.3 Å². The van der Waals surface area contributed by atoms with Crippen LogP contribution in [0.15, 0.2) is 55.5 Å². The molecular weight excluding hydrogens is 711 g/mol. The average molecular weight is 766 g/mol. The van der Waals surface area contributed by atoms with Crippen LogP contribution in [-0.4, -0.2) is 87.4 Å². The van der Waals surface area contributed by atoms with Crippen LogP contribution >= 0.6 is 0 Å². The van der Waals surface area contributed by atoms with Crippen molar-refractivity contribution in [1.82, 2.24) is 36.1 Å². The molecule has 7 rings (SSSR count). The smallest absolute Gasteiger partial charge is 0.289 e. The minimum atomic E-state index is -1.03. The van der Waals surface area contributed by atoms with Gasteiger partial charge in [0.2, 0.25) is 23.5 Å². The molecule has 2 aromatic rings. The van der Waals surface area contributed by atoms with Gasteiger partial charge in [0, 0.05) is 25.5 Å². The van der Waals surface area contributed by atoms with Crippen molar-refractivity contribution in [1.29, 1.82) is 0 Å². The second kappa shape index (κ2) is 16.7. The monoisotopic (exact) mass is 765 g/mol. The van der Waals surface area contributed by atoms with Crippen molar-refractivity contribution in [2.24, 2.45) is 35.0 Å². The number of Topliss-reactive ketones (excluding diaryl/α,β-unsaturated/α-hetero) is 1. The molecule has 0 radical (unpaired) electrons. The summed E-state index contributed by atoms with van der Waals surface area (Å²) in [5, 5.41) is 11.6. The molecule has 4 aliphatic carbocycles. The first-order valence-corrected chi connectivity index (χ1v) is 20.5. The number of ketones is 1. The molecule has 4 N–H and O–H groups in total. The highest BCUT2D eigenvalue weighted by atomic mass is 16.2. The third-order valence-electron chi connectivity index (χ3n) is 13.2. The first-order chi connectivity index (χ1) is 27.0. The molecule has 4 fully saturated rings. The van der Waals surface area contributed by atoms with Gasteiger partial charge in [0.25, 0.3) is 11.8 Å². The summed E-state index contributed by atoms with van der Waals surface area (Å²) < 4.78 is 0. The summed E-state index contributed by atoms with van der Waals surface area (Å²) in [5.74, 6) is -3.31. The molecule has 1 aromatic heterocycles. The van der Waals surface area contributed by atoms with Crippen LogP contribution in [0.4, 0.5) is 0 Å². The summed E-state index contributed by atoms with van der Waals surface area (Å²) in [6.45, 7) is 8.24. The quantitative estimate of drug-likeness (QED) is 0.149. The Morgan fingerprint density at radius 2 is 1.62 bits per heavy atom. The van der Waals surface area contributed by atoms with Gasteiger partial charge in [0.1, 0.15) is 23.8 Å². The fourth-order valence-corrected chi connectivity index (χ4v) is 9.69. The average Bonchev–Trinajstić information content (AvgIpc) is 3.99. The molecule has 13 heteroatoms. The molecule has 1 aromatic carbocycles. The van der Waals surface area contributed by atoms with Crippen molar-refractivity contribution in [2.75, 3.05) is 13.1 Å². The van der Waals surface area contributed by atoms with Crippen LogP contribution in [0.2, 0.25) is 0 Å². The number of fused-ring (bicyclic) bond motifs is 2. The molecule has 1 saturated heterocycles. The number of amides is 5. The second-order valence-electron chi connectivity index (χ2n) is 17.2. The number of likely N-dealkylation sites (tertiary alicyclic amines) is 1. The van der Waals surface area contributed by atoms with Gasteiger partial charge in [-0.3, -0.25) is 33.8 Å². The molecule has 6 atom stereocenters. The molecule has 3 saturated carbocycles. The van der Waals surface area contributed by atoms with Crippen molar-refractivity contribution in [3.05, 3.63) is 72.3 Å². The Balaban J connectivity index is 1.15. The van der Waals surface area contributed by atoms with Crippen LogP contribution in [0.25, 0.3) is 0 Å². The topological polar surface area (TPSA) is 180 Å². The lowest BCUT2D eigenvalue weighted by atomic mass is 9.83. The lowest BCUT2D eigenvalue weighted by Crippen LogP contribution is -2.62. The standard InChI is InChI=1S/C43H55N7O6/c1-4-18-46-41(55)37(51)31(17-16-25-14-15-25)47-40(54)36-33-30(43(33,2)3)24-50(36)42(56)35(29-21-27-12-8-9-13-28(27)22-29)49-39(53)34(26-10-6-5-7-11-26)48-38(52)32-23-44-19-20-45-32/h4,8-9,12-13,19-20,23,25-26,29-31,33-36H,1,5-7,10-11,14-18,21-22,24H2,2-3H3,(H,46,55)(H,47,54)(H,48,52)(H,49,53)/t30-,31?,33-,34-,35-,36-/m0/s1. The molecule has 1 aliphatic heterocycles. The number of aromatic nitrogens is 2. The largest absolute Gasteiger partial charge is 0.346 e. The molecule has 298 valence electrons. The van der Waals surface area contributed by atoms with E-state index >= 15 is 4.79 Å². The van der Waals surface area contributed by atoms with E-state index < -0.39 is 53.6 Å². The first kappa shape index (κ1) is 39.3. The summed E-state index contributed by atoms with van der Waals surface area (Å²) in [4.78, 5) is 93.5. The molecule has 2 heterocycles. The molecule has 5 aliphatic rings. The number of hydrogen-bond donors (Lipinski definition) is 4. The molecule has 56 heavy (non-hydrogen) atoms. The van der Waals surface area contributed by atoms with Gasteiger partial charge in [-0.15, -0.1) is 6.58 Å². The van der Waals surface area contributed by atoms with Gasteiger partial charge in [0.05, 0.1) is 12.2 Å². The van der Waals surface area contributed by atoms with E-state index in [1.807, 2.05) is 24.3 Å². The number of piperidine rings is 1. The molecule has 13 nitrogen and oxygen atoms in total. The normalized spacial score (nSPS) is 24.1. The number of rotatable bonds is 16. The summed E-state index contributed by atoms with van der Waals surface area (Å²) in [5.41, 5.74) is 2.10. The minimum absolute atomic E-state index is 0.0529. The lowest BCUT2D eigenvalue weighted by molar-refractivity contribution is -0.146. The third kappa shape index (κ3) is 8.41. The van der Waals surface area contributed by atoms with E-state index in [1.165, 1.54) is 24.7 Å². The van der Waals surface area contributed by atoms with Crippen LogP contribution in [0.1, 0.15) is 93.3 Å². The Hall–Kier alpha value is -4.94. The molecule has 5 amide bonds. The molecule has 0 spiro atoms. The first-order valence-electron chi connectivity index (χ1n) is 20.5. The van der Waals surface area contributed by atoms with Crippen LogP contribution < -0.4 is 21.3 Å². The fourth-order valence-electron chi connectivity index (χ4n) is 9.69. The van der Waals surface area contributed by atoms with Crippen LogP contribution in [0, 0.1) is 35.0 Å². The van der Waals surface area contributed by atoms with Crippen molar-refractivity contribution in [3.63, 3.8) is 0 Å². The van der Waals surface area contributed by atoms with Crippen molar-refractivity contribution < 1.29 is 28.8 Å². The number of carbonyl (C=O) groups excluding carboxylic acids is 6. The van der Waals surface area contributed by atoms with Crippen molar-refractivity contribution in [2.45, 2.75) is 109 Å². The van der Waals surface area contributed by atoms with Gasteiger partial charge in [-0.25, -0.2) is 4.98 Å². The summed E-state index contributed by atoms with van der Waals surface area (Å²) in [7, 11) is 0. The predicted molar refractivity (Wildman–Crippen MR) is 207 cm³/mol. The van der Waals surface area contributed by atoms with Gasteiger partial charge in [-0.05, 0) is 84.7 Å². The highest BCUT2D eigenvalue weighted by Crippen LogP contribution is 2.65. The second-order valence-corrected chi connectivity index (χ2v) is 17.2. The lowest BCUT2D eigenvalue weighted by Gasteiger charge is -2.37. The zero-order valence-corrected chi connectivity index (χ0v) is 32.5. The Morgan fingerprint density at radius 1 is 0.911 bits per heavy atom. The van der Waals surface area contributed by atoms with E-state index in [4.69, 9.17) is 0 Å². The zero-order chi connectivity index (χ0) is 39.6. The van der Waals surface area contributed by atoms with Gasteiger partial charge in [-0.1, -0.05) is 76.3 Å². The van der Waals surface area contributed by atoms with Crippen LogP contribution in [-0.2, 0) is 36.8 Å². The van der Waals surface area contributed by atoms with E-state index in [0.717, 1.165) is 56.1 Å². The van der Waals surface area contributed by atoms with E-state index in [1.54, 1.807) is 4.90 Å². The Kier molecular flexibility index (Phi) is 11.7. The number of carbonyl (C=O) groups is 6. The van der Waals surface area contributed by atoms with Gasteiger partial charge in [-0.2, -0.15) is 0 Å². The van der Waals surface area contributed by atoms with Gasteiger partial charge in [0.15, 0.2) is 0 Å². The number of benzene rings is 1. The maximum atomic E-state index is 15.1. The number of nitrogens with zero attached hydrogens (tertiary/aromatic N) is 3. The highest BCUT2D eigenvalue weighted by Gasteiger charge is 2.70. The van der Waals surface area contributed by atoms with Crippen molar-refractivity contribution in [3.8, 4) is 0 Å². The minimum Gasteiger partial charge on any atom is -0.346 e. The van der Waals surface area contributed by atoms with E-state index in [0.29, 0.717) is 38.1 Å². The van der Waals surface area contributed by atoms with Gasteiger partial charge < -0.3 is 26.2 Å². The van der Waals surface area contributed by atoms with E-state index in [9.17, 15) is 24.0 Å². The summed E-state index contributed by atoms with van der Waals surface area (Å²) in [6.07, 6.45) is 14.4. The molecule has 1 unspecified atom stereocenters. The Bertz CT molecular complexity index is 1820. The zero-order valence-electron chi connectivity index (χ0n) is 32.5. The van der Waals surface area contributed by atoms with Crippen LogP contribution in [0.5, 0.6) is 0 Å². The summed E-state index contributed by atoms with van der Waals surface area (Å²) in [6, 6.07) is 4.21. The SMILES string of the molecule is C=CCNC(=O)C(=O)C(CCC1CC1)NC(=O)[C@@H]1[C@@H]2[C@H](CN1C(=O)[C@@H](NC(=O)[C@@H](NC(=O)c1cnccn1)C1CCCCC1)C1Cc3ccccc3C1)C2(C)C. The Morgan fingerprint density at radius 3 is 2.27 bits per heavy atom. The number of nitrogens with one attached hydrogen (secondary N) is 4.